The van der Waals surface area contributed by atoms with E-state index in [1.807, 2.05) is 4.72 Å². The fourth-order valence-corrected chi connectivity index (χ4v) is 4.76. The van der Waals surface area contributed by atoms with E-state index in [1.165, 1.54) is 18.2 Å². The number of hydrogen-bond acceptors (Lipinski definition) is 6. The fraction of sp³-hybridized carbons (Fsp3) is 0.316. The number of carbonyl (C=O) groups excluding carboxylic acids is 1. The maximum Gasteiger partial charge on any atom is 0.426 e. The minimum absolute atomic E-state index is 0.230. The van der Waals surface area contributed by atoms with Crippen LogP contribution in [0.1, 0.15) is 19.4 Å². The van der Waals surface area contributed by atoms with E-state index in [1.54, 1.807) is 0 Å². The SMILES string of the molecule is CC(COC(C)(C(N)=O)C(F)(F)F)(NS(=O)(=O)c1ccccc1[N+](=O)[O-])c1cc(Br)ccc1F. The summed E-state index contributed by atoms with van der Waals surface area (Å²) >= 11 is 3.06. The van der Waals surface area contributed by atoms with Crippen molar-refractivity contribution in [2.24, 2.45) is 5.73 Å². The van der Waals surface area contributed by atoms with Crippen LogP contribution in [0.2, 0.25) is 0 Å². The number of nitrogens with two attached hydrogens (primary N) is 1. The van der Waals surface area contributed by atoms with Crippen molar-refractivity contribution in [2.45, 2.75) is 36.1 Å². The van der Waals surface area contributed by atoms with Crippen molar-refractivity contribution < 1.29 is 40.4 Å². The molecule has 2 unspecified atom stereocenters. The van der Waals surface area contributed by atoms with Crippen molar-refractivity contribution >= 4 is 37.5 Å². The fourth-order valence-electron chi connectivity index (χ4n) is 2.85. The molecule has 15 heteroatoms. The molecule has 2 rings (SSSR count). The number of nitro groups is 1. The highest BCUT2D eigenvalue weighted by Gasteiger charge is 2.58. The Hall–Kier alpha value is -2.62. The topological polar surface area (TPSA) is 142 Å². The van der Waals surface area contributed by atoms with Gasteiger partial charge < -0.3 is 10.5 Å². The highest BCUT2D eigenvalue weighted by molar-refractivity contribution is 9.10. The van der Waals surface area contributed by atoms with Crippen LogP contribution in [0.25, 0.3) is 0 Å². The summed E-state index contributed by atoms with van der Waals surface area (Å²) in [6, 6.07) is 7.42. The molecule has 0 aromatic heterocycles. The molecule has 2 atom stereocenters. The van der Waals surface area contributed by atoms with E-state index in [0.717, 1.165) is 31.2 Å². The van der Waals surface area contributed by atoms with Crippen molar-refractivity contribution in [3.63, 3.8) is 0 Å². The van der Waals surface area contributed by atoms with Gasteiger partial charge in [-0.2, -0.15) is 17.9 Å². The van der Waals surface area contributed by atoms with E-state index in [4.69, 9.17) is 10.5 Å². The summed E-state index contributed by atoms with van der Waals surface area (Å²) in [5.41, 5.74) is -2.28. The molecule has 2 aromatic rings. The second-order valence-corrected chi connectivity index (χ2v) is 10.0. The first-order valence-electron chi connectivity index (χ1n) is 9.18. The van der Waals surface area contributed by atoms with Crippen molar-refractivity contribution in [2.75, 3.05) is 6.61 Å². The molecule has 1 amide bonds. The molecule has 0 radical (unpaired) electrons. The van der Waals surface area contributed by atoms with Gasteiger partial charge in [0.05, 0.1) is 17.1 Å². The molecule has 0 saturated carbocycles. The molecule has 0 aliphatic rings. The zero-order valence-electron chi connectivity index (χ0n) is 17.5. The Morgan fingerprint density at radius 3 is 2.32 bits per heavy atom. The summed E-state index contributed by atoms with van der Waals surface area (Å²) in [6.45, 7) is 0.0880. The summed E-state index contributed by atoms with van der Waals surface area (Å²) in [5, 5.41) is 11.3. The molecule has 0 aliphatic carbocycles. The van der Waals surface area contributed by atoms with Crippen LogP contribution in [0, 0.1) is 15.9 Å². The zero-order chi connectivity index (χ0) is 26.1. The van der Waals surface area contributed by atoms with Crippen molar-refractivity contribution in [1.29, 1.82) is 0 Å². The third-order valence-electron chi connectivity index (χ3n) is 4.89. The number of sulfonamides is 1. The van der Waals surface area contributed by atoms with Crippen molar-refractivity contribution in [1.82, 2.24) is 4.72 Å². The van der Waals surface area contributed by atoms with Crippen molar-refractivity contribution in [3.05, 3.63) is 68.4 Å². The molecule has 34 heavy (non-hydrogen) atoms. The van der Waals surface area contributed by atoms with E-state index in [9.17, 15) is 40.9 Å². The maximum absolute atomic E-state index is 14.7. The third-order valence-corrected chi connectivity index (χ3v) is 7.03. The summed E-state index contributed by atoms with van der Waals surface area (Å²) in [4.78, 5) is 21.0. The predicted octanol–water partition coefficient (Wildman–Crippen LogP) is 3.51. The second-order valence-electron chi connectivity index (χ2n) is 7.47. The summed E-state index contributed by atoms with van der Waals surface area (Å²) < 4.78 is 88.4. The number of nitro benzene ring substituents is 1. The normalized spacial score (nSPS) is 15.9. The van der Waals surface area contributed by atoms with Gasteiger partial charge in [0.15, 0.2) is 4.90 Å². The van der Waals surface area contributed by atoms with Gasteiger partial charge in [-0.25, -0.2) is 12.8 Å². The molecule has 3 N–H and O–H groups in total. The van der Waals surface area contributed by atoms with Gasteiger partial charge >= 0.3 is 6.18 Å². The Bertz CT molecular complexity index is 1230. The van der Waals surface area contributed by atoms with E-state index in [0.29, 0.717) is 6.92 Å². The van der Waals surface area contributed by atoms with Gasteiger partial charge in [0.1, 0.15) is 5.82 Å². The molecule has 0 heterocycles. The van der Waals surface area contributed by atoms with Crippen LogP contribution in [-0.4, -0.2) is 37.6 Å². The van der Waals surface area contributed by atoms with Gasteiger partial charge in [0.2, 0.25) is 15.6 Å². The minimum atomic E-state index is -5.30. The number of benzene rings is 2. The Labute approximate surface area is 199 Å². The number of hydrogen-bond donors (Lipinski definition) is 2. The van der Waals surface area contributed by atoms with Crippen LogP contribution in [0.4, 0.5) is 23.2 Å². The van der Waals surface area contributed by atoms with E-state index in [-0.39, 0.29) is 4.47 Å². The Kier molecular flexibility index (Phi) is 7.77. The van der Waals surface area contributed by atoms with Crippen LogP contribution >= 0.6 is 15.9 Å². The average molecular weight is 572 g/mol. The van der Waals surface area contributed by atoms with E-state index in [2.05, 4.69) is 15.9 Å². The van der Waals surface area contributed by atoms with Crippen LogP contribution < -0.4 is 10.5 Å². The smallest absolute Gasteiger partial charge is 0.367 e. The number of para-hydroxylation sites is 1. The van der Waals surface area contributed by atoms with Crippen LogP contribution in [0.15, 0.2) is 51.8 Å². The first-order valence-corrected chi connectivity index (χ1v) is 11.5. The van der Waals surface area contributed by atoms with Gasteiger partial charge in [-0.1, -0.05) is 28.1 Å². The van der Waals surface area contributed by atoms with Gasteiger partial charge in [0.25, 0.3) is 11.6 Å². The van der Waals surface area contributed by atoms with Crippen LogP contribution in [0.5, 0.6) is 0 Å². The molecule has 9 nitrogen and oxygen atoms in total. The summed E-state index contributed by atoms with van der Waals surface area (Å²) in [6.07, 6.45) is -5.30. The maximum atomic E-state index is 14.7. The van der Waals surface area contributed by atoms with Crippen LogP contribution in [-0.2, 0) is 25.1 Å². The molecular formula is C19H18BrF4N3O6S. The summed E-state index contributed by atoms with van der Waals surface area (Å²) in [7, 11) is -4.85. The lowest BCUT2D eigenvalue weighted by atomic mass is 9.93. The first kappa shape index (κ1) is 27.6. The predicted molar refractivity (Wildman–Crippen MR) is 114 cm³/mol. The average Bonchev–Trinajstić information content (AvgIpc) is 2.72. The highest BCUT2D eigenvalue weighted by atomic mass is 79.9. The third kappa shape index (κ3) is 5.54. The number of halogens is 5. The van der Waals surface area contributed by atoms with Gasteiger partial charge in [-0.3, -0.25) is 14.9 Å². The molecular weight excluding hydrogens is 554 g/mol. The second kappa shape index (κ2) is 9.56. The molecule has 0 saturated heterocycles. The lowest BCUT2D eigenvalue weighted by Crippen LogP contribution is -2.58. The van der Waals surface area contributed by atoms with Gasteiger partial charge in [-0.15, -0.1) is 0 Å². The highest BCUT2D eigenvalue weighted by Crippen LogP contribution is 2.37. The van der Waals surface area contributed by atoms with Gasteiger partial charge in [0, 0.05) is 16.1 Å². The van der Waals surface area contributed by atoms with Gasteiger partial charge in [-0.05, 0) is 38.1 Å². The molecule has 0 fully saturated rings. The minimum Gasteiger partial charge on any atom is -0.367 e. The number of alkyl halides is 3. The molecule has 0 aliphatic heterocycles. The number of amides is 1. The molecule has 2 aromatic carbocycles. The summed E-state index contributed by atoms with van der Waals surface area (Å²) in [5.74, 6) is -2.95. The zero-order valence-corrected chi connectivity index (χ0v) is 19.9. The number of rotatable bonds is 9. The van der Waals surface area contributed by atoms with E-state index >= 15 is 0 Å². The standard InChI is InChI=1S/C19H18BrF4N3O6S/c1-17(12-9-11(20)7-8-13(12)21,10-33-18(2,16(25)28)19(22,23)24)26-34(31,32)15-6-4-3-5-14(15)27(29)30/h3-9,26H,10H2,1-2H3,(H2,25,28). The molecule has 0 bridgehead atoms. The van der Waals surface area contributed by atoms with E-state index < -0.39 is 66.7 Å². The number of nitrogens with zero attached hydrogens (tertiary/aromatic N) is 1. The van der Waals surface area contributed by atoms with Crippen LogP contribution in [0.3, 0.4) is 0 Å². The quantitative estimate of drug-likeness (QED) is 0.268. The largest absolute Gasteiger partial charge is 0.426 e. The number of carbonyl (C=O) groups is 1. The number of primary amides is 1. The molecule has 0 spiro atoms. The number of ether oxygens (including phenoxy) is 1. The monoisotopic (exact) mass is 571 g/mol. The lowest BCUT2D eigenvalue weighted by molar-refractivity contribution is -0.387. The van der Waals surface area contributed by atoms with Crippen molar-refractivity contribution in [3.8, 4) is 0 Å². The Morgan fingerprint density at radius 1 is 1.21 bits per heavy atom. The molecule has 186 valence electrons. The lowest BCUT2D eigenvalue weighted by Gasteiger charge is -2.36. The Morgan fingerprint density at radius 2 is 1.79 bits per heavy atom. The number of nitrogens with one attached hydrogen (secondary N) is 1. The first-order chi connectivity index (χ1) is 15.4. The Balaban J connectivity index is 2.65.